The lowest BCUT2D eigenvalue weighted by Crippen LogP contribution is -2.22. The largest absolute Gasteiger partial charge is 0.0767 e. The summed E-state index contributed by atoms with van der Waals surface area (Å²) in [7, 11) is 0. The molecule has 0 heterocycles. The predicted molar refractivity (Wildman–Crippen MR) is 87.6 cm³/mol. The average Bonchev–Trinajstić information content (AvgIpc) is 3.24. The van der Waals surface area contributed by atoms with Gasteiger partial charge in [-0.3, -0.25) is 0 Å². The van der Waals surface area contributed by atoms with Gasteiger partial charge in [-0.25, -0.2) is 0 Å². The third kappa shape index (κ3) is 1.28. The number of rotatable bonds is 1. The Morgan fingerprint density at radius 1 is 1.14 bits per heavy atom. The highest BCUT2D eigenvalue weighted by Gasteiger charge is 2.66. The summed E-state index contributed by atoms with van der Waals surface area (Å²) in [6.45, 7) is 4.81. The molecule has 0 nitrogen and oxygen atoms in total. The van der Waals surface area contributed by atoms with Crippen LogP contribution in [-0.4, -0.2) is 0 Å². The van der Waals surface area contributed by atoms with E-state index in [0.717, 1.165) is 5.92 Å². The van der Waals surface area contributed by atoms with Crippen molar-refractivity contribution >= 4 is 0 Å². The van der Waals surface area contributed by atoms with E-state index in [1.807, 2.05) is 0 Å². The molecule has 21 heavy (non-hydrogen) atoms. The SMILES string of the molecule is CCC1=CC=C2C3=C(C4C=CC=CC4C=C3)C(C)C23CC13. The summed E-state index contributed by atoms with van der Waals surface area (Å²) in [5.41, 5.74) is 7.12. The molecular formula is C21H22. The van der Waals surface area contributed by atoms with Crippen molar-refractivity contribution in [2.45, 2.75) is 26.7 Å². The molecule has 1 saturated carbocycles. The van der Waals surface area contributed by atoms with Gasteiger partial charge in [0, 0.05) is 17.3 Å². The minimum absolute atomic E-state index is 0.471. The minimum Gasteiger partial charge on any atom is -0.0767 e. The van der Waals surface area contributed by atoms with Gasteiger partial charge in [0.15, 0.2) is 0 Å². The zero-order valence-electron chi connectivity index (χ0n) is 12.8. The fourth-order valence-electron chi connectivity index (χ4n) is 5.56. The summed E-state index contributed by atoms with van der Waals surface area (Å²) in [5, 5.41) is 0. The normalized spacial score (nSPS) is 44.7. The van der Waals surface area contributed by atoms with E-state index >= 15 is 0 Å². The summed E-state index contributed by atoms with van der Waals surface area (Å²) in [4.78, 5) is 0. The molecule has 0 bridgehead atoms. The Morgan fingerprint density at radius 3 is 2.86 bits per heavy atom. The van der Waals surface area contributed by atoms with Crippen LogP contribution in [0.3, 0.4) is 0 Å². The second kappa shape index (κ2) is 3.80. The van der Waals surface area contributed by atoms with Gasteiger partial charge < -0.3 is 0 Å². The van der Waals surface area contributed by atoms with E-state index in [0.29, 0.717) is 23.2 Å². The van der Waals surface area contributed by atoms with Gasteiger partial charge in [-0.05, 0) is 35.8 Å². The summed E-state index contributed by atoms with van der Waals surface area (Å²) in [6.07, 6.45) is 21.6. The second-order valence-electron chi connectivity index (χ2n) is 7.30. The topological polar surface area (TPSA) is 0 Å². The molecule has 5 atom stereocenters. The van der Waals surface area contributed by atoms with Crippen molar-refractivity contribution in [2.24, 2.45) is 29.1 Å². The predicted octanol–water partition coefficient (Wildman–Crippen LogP) is 5.14. The van der Waals surface area contributed by atoms with Crippen LogP contribution in [0.25, 0.3) is 0 Å². The molecule has 0 heteroatoms. The summed E-state index contributed by atoms with van der Waals surface area (Å²) in [5.74, 6) is 2.74. The van der Waals surface area contributed by atoms with Crippen LogP contribution < -0.4 is 0 Å². The molecule has 0 saturated heterocycles. The third-order valence-electron chi connectivity index (χ3n) is 6.69. The lowest BCUT2D eigenvalue weighted by atomic mass is 9.73. The molecule has 0 N–H and O–H groups in total. The Labute approximate surface area is 127 Å². The molecule has 0 aliphatic heterocycles. The summed E-state index contributed by atoms with van der Waals surface area (Å²) < 4.78 is 0. The zero-order chi connectivity index (χ0) is 14.2. The first-order valence-corrected chi connectivity index (χ1v) is 8.46. The van der Waals surface area contributed by atoms with Crippen molar-refractivity contribution in [3.8, 4) is 0 Å². The molecule has 5 aliphatic carbocycles. The molecule has 0 aromatic rings. The van der Waals surface area contributed by atoms with Gasteiger partial charge in [0.2, 0.25) is 0 Å². The maximum atomic E-state index is 2.50. The number of fused-ring (bicyclic) bond motifs is 3. The fourth-order valence-corrected chi connectivity index (χ4v) is 5.56. The molecule has 0 aromatic heterocycles. The van der Waals surface area contributed by atoms with Crippen LogP contribution >= 0.6 is 0 Å². The molecule has 1 fully saturated rings. The highest BCUT2D eigenvalue weighted by Crippen LogP contribution is 2.74. The first kappa shape index (κ1) is 12.0. The fraction of sp³-hybridized carbons (Fsp3) is 0.429. The molecule has 0 amide bonds. The monoisotopic (exact) mass is 274 g/mol. The molecule has 1 spiro atoms. The van der Waals surface area contributed by atoms with Gasteiger partial charge in [0.25, 0.3) is 0 Å². The quantitative estimate of drug-likeness (QED) is 0.621. The van der Waals surface area contributed by atoms with Gasteiger partial charge in [-0.15, -0.1) is 0 Å². The smallest absolute Gasteiger partial charge is 0.00939 e. The molecule has 106 valence electrons. The first-order chi connectivity index (χ1) is 10.3. The van der Waals surface area contributed by atoms with Crippen LogP contribution in [-0.2, 0) is 0 Å². The van der Waals surface area contributed by atoms with E-state index < -0.39 is 0 Å². The van der Waals surface area contributed by atoms with Crippen molar-refractivity contribution < 1.29 is 0 Å². The maximum Gasteiger partial charge on any atom is 0.00939 e. The Hall–Kier alpha value is -1.56. The number of hydrogen-bond acceptors (Lipinski definition) is 0. The molecular weight excluding hydrogens is 252 g/mol. The Morgan fingerprint density at radius 2 is 2.00 bits per heavy atom. The van der Waals surface area contributed by atoms with Gasteiger partial charge in [-0.1, -0.05) is 73.6 Å². The van der Waals surface area contributed by atoms with E-state index in [-0.39, 0.29) is 0 Å². The van der Waals surface area contributed by atoms with E-state index in [4.69, 9.17) is 0 Å². The maximum absolute atomic E-state index is 2.50. The standard InChI is InChI=1S/C21H22/c1-3-14-9-11-18-17-10-8-15-6-4-5-7-16(15)20(17)13(2)21(18)12-19(14)21/h4-11,13,15-16,19H,3,12H2,1-2H3. The molecule has 0 aromatic carbocycles. The van der Waals surface area contributed by atoms with Crippen LogP contribution in [0.5, 0.6) is 0 Å². The van der Waals surface area contributed by atoms with Gasteiger partial charge in [0.05, 0.1) is 0 Å². The Bertz CT molecular complexity index is 706. The van der Waals surface area contributed by atoms with E-state index in [1.165, 1.54) is 12.8 Å². The van der Waals surface area contributed by atoms with Crippen LogP contribution in [0.1, 0.15) is 26.7 Å². The highest BCUT2D eigenvalue weighted by molar-refractivity contribution is 5.65. The molecule has 0 radical (unpaired) electrons. The number of hydrogen-bond donors (Lipinski definition) is 0. The van der Waals surface area contributed by atoms with E-state index in [1.54, 1.807) is 22.3 Å². The van der Waals surface area contributed by atoms with Crippen molar-refractivity contribution in [1.29, 1.82) is 0 Å². The highest BCUT2D eigenvalue weighted by atomic mass is 14.7. The van der Waals surface area contributed by atoms with E-state index in [9.17, 15) is 0 Å². The van der Waals surface area contributed by atoms with Gasteiger partial charge >= 0.3 is 0 Å². The Kier molecular flexibility index (Phi) is 2.17. The Balaban J connectivity index is 1.66. The van der Waals surface area contributed by atoms with E-state index in [2.05, 4.69) is 62.5 Å². The molecule has 5 rings (SSSR count). The van der Waals surface area contributed by atoms with Crippen molar-refractivity contribution in [2.75, 3.05) is 0 Å². The van der Waals surface area contributed by atoms with Crippen LogP contribution in [0.15, 0.2) is 70.9 Å². The van der Waals surface area contributed by atoms with Crippen molar-refractivity contribution in [3.05, 3.63) is 70.9 Å². The van der Waals surface area contributed by atoms with Gasteiger partial charge in [0.1, 0.15) is 0 Å². The zero-order valence-corrected chi connectivity index (χ0v) is 12.8. The van der Waals surface area contributed by atoms with Crippen LogP contribution in [0.4, 0.5) is 0 Å². The average molecular weight is 274 g/mol. The van der Waals surface area contributed by atoms with Crippen LogP contribution in [0, 0.1) is 29.1 Å². The second-order valence-corrected chi connectivity index (χ2v) is 7.30. The minimum atomic E-state index is 0.471. The number of allylic oxidation sites excluding steroid dienone is 12. The molecule has 5 aliphatic rings. The lowest BCUT2D eigenvalue weighted by molar-refractivity contribution is 0.410. The summed E-state index contributed by atoms with van der Waals surface area (Å²) in [6, 6.07) is 0. The van der Waals surface area contributed by atoms with Crippen molar-refractivity contribution in [1.82, 2.24) is 0 Å². The van der Waals surface area contributed by atoms with Gasteiger partial charge in [-0.2, -0.15) is 0 Å². The van der Waals surface area contributed by atoms with Crippen LogP contribution in [0.2, 0.25) is 0 Å². The third-order valence-corrected chi connectivity index (χ3v) is 6.69. The first-order valence-electron chi connectivity index (χ1n) is 8.46. The molecule has 5 unspecified atom stereocenters. The summed E-state index contributed by atoms with van der Waals surface area (Å²) >= 11 is 0. The van der Waals surface area contributed by atoms with Crippen molar-refractivity contribution in [3.63, 3.8) is 0 Å². The lowest BCUT2D eigenvalue weighted by Gasteiger charge is -2.30.